The fraction of sp³-hybridized carbons (Fsp3) is 0.778. The van der Waals surface area contributed by atoms with Gasteiger partial charge in [-0.05, 0) is 106 Å². The number of aliphatic hydroxyl groups is 2. The first-order chi connectivity index (χ1) is 15.0. The summed E-state index contributed by atoms with van der Waals surface area (Å²) in [6.45, 7) is 5.28. The summed E-state index contributed by atoms with van der Waals surface area (Å²) in [5, 5.41) is 20.0. The second-order valence-corrected chi connectivity index (χ2v) is 10.8. The molecule has 0 bridgehead atoms. The third-order valence-electron chi connectivity index (χ3n) is 8.70. The normalized spacial score (nSPS) is 37.1. The van der Waals surface area contributed by atoms with Crippen molar-refractivity contribution in [3.05, 3.63) is 34.9 Å². The summed E-state index contributed by atoms with van der Waals surface area (Å²) in [6, 6.07) is 0. The molecular formula is C27H41F3O2. The molecule has 0 aliphatic heterocycles. The summed E-state index contributed by atoms with van der Waals surface area (Å²) in [7, 11) is 0. The Balaban J connectivity index is 1.62. The number of aliphatic hydroxyl groups excluding tert-OH is 1. The van der Waals surface area contributed by atoms with Gasteiger partial charge in [-0.25, -0.2) is 0 Å². The molecule has 2 nitrogen and oxygen atoms in total. The van der Waals surface area contributed by atoms with E-state index in [-0.39, 0.29) is 17.9 Å². The standard InChI is InChI=1S/C27H41F3O2/c1-4-22-19(9-7-12-24(22)31)13-14-20-10-8-17-25(2)21(15-16-23(20)25)11-5-6-18-26(3,32)27(28,29)30/h4,13-14,21,23-24,31-32H,5-12,15-18H2,1-3H3/b19-13-,20-14+,22-4-. The van der Waals surface area contributed by atoms with Crippen molar-refractivity contribution in [1.29, 1.82) is 0 Å². The van der Waals surface area contributed by atoms with Crippen molar-refractivity contribution >= 4 is 0 Å². The molecule has 0 spiro atoms. The predicted octanol–water partition coefficient (Wildman–Crippen LogP) is 7.42. The molecule has 0 radical (unpaired) electrons. The van der Waals surface area contributed by atoms with E-state index < -0.39 is 11.8 Å². The maximum absolute atomic E-state index is 12.9. The minimum atomic E-state index is -4.56. The Hall–Kier alpha value is -1.07. The van der Waals surface area contributed by atoms with Crippen LogP contribution in [0, 0.1) is 17.3 Å². The molecule has 32 heavy (non-hydrogen) atoms. The molecule has 0 aromatic heterocycles. The minimum absolute atomic E-state index is 0.221. The summed E-state index contributed by atoms with van der Waals surface area (Å²) >= 11 is 0. The first-order valence-corrected chi connectivity index (χ1v) is 12.5. The van der Waals surface area contributed by atoms with Crippen molar-refractivity contribution in [2.24, 2.45) is 17.3 Å². The highest BCUT2D eigenvalue weighted by Gasteiger charge is 2.50. The van der Waals surface area contributed by atoms with E-state index in [4.69, 9.17) is 0 Å². The zero-order valence-electron chi connectivity index (χ0n) is 20.0. The van der Waals surface area contributed by atoms with Gasteiger partial charge in [-0.2, -0.15) is 13.2 Å². The number of allylic oxidation sites excluding steroid dienone is 4. The molecule has 5 heteroatoms. The first kappa shape index (κ1) is 25.6. The zero-order valence-corrected chi connectivity index (χ0v) is 20.0. The molecule has 0 saturated heterocycles. The second kappa shape index (κ2) is 10.0. The monoisotopic (exact) mass is 454 g/mol. The van der Waals surface area contributed by atoms with Gasteiger partial charge in [0, 0.05) is 0 Å². The molecule has 5 unspecified atom stereocenters. The molecule has 0 aromatic carbocycles. The van der Waals surface area contributed by atoms with Crippen LogP contribution < -0.4 is 0 Å². The molecule has 3 rings (SSSR count). The molecule has 3 fully saturated rings. The van der Waals surface area contributed by atoms with Crippen LogP contribution in [0.15, 0.2) is 34.9 Å². The van der Waals surface area contributed by atoms with Crippen LogP contribution in [0.5, 0.6) is 0 Å². The molecular weight excluding hydrogens is 413 g/mol. The minimum Gasteiger partial charge on any atom is -0.388 e. The van der Waals surface area contributed by atoms with Gasteiger partial charge in [0.2, 0.25) is 0 Å². The Labute approximate surface area is 191 Å². The number of alkyl halides is 3. The van der Waals surface area contributed by atoms with Crippen LogP contribution in [0.4, 0.5) is 13.2 Å². The Morgan fingerprint density at radius 2 is 1.81 bits per heavy atom. The average molecular weight is 455 g/mol. The summed E-state index contributed by atoms with van der Waals surface area (Å²) in [6.07, 6.45) is 12.3. The highest BCUT2D eigenvalue weighted by atomic mass is 19.4. The van der Waals surface area contributed by atoms with Crippen LogP contribution in [-0.4, -0.2) is 28.1 Å². The van der Waals surface area contributed by atoms with Gasteiger partial charge < -0.3 is 10.2 Å². The lowest BCUT2D eigenvalue weighted by molar-refractivity contribution is -0.255. The van der Waals surface area contributed by atoms with Crippen molar-refractivity contribution in [3.8, 4) is 0 Å². The van der Waals surface area contributed by atoms with Crippen molar-refractivity contribution < 1.29 is 23.4 Å². The van der Waals surface area contributed by atoms with Gasteiger partial charge in [0.05, 0.1) is 6.10 Å². The van der Waals surface area contributed by atoms with E-state index in [9.17, 15) is 23.4 Å². The quantitative estimate of drug-likeness (QED) is 0.410. The Morgan fingerprint density at radius 1 is 1.06 bits per heavy atom. The molecule has 0 heterocycles. The van der Waals surface area contributed by atoms with Crippen molar-refractivity contribution in [3.63, 3.8) is 0 Å². The second-order valence-electron chi connectivity index (χ2n) is 10.8. The van der Waals surface area contributed by atoms with E-state index in [0.717, 1.165) is 63.9 Å². The van der Waals surface area contributed by atoms with E-state index >= 15 is 0 Å². The van der Waals surface area contributed by atoms with Crippen molar-refractivity contribution in [2.75, 3.05) is 0 Å². The molecule has 5 atom stereocenters. The van der Waals surface area contributed by atoms with E-state index in [0.29, 0.717) is 18.3 Å². The van der Waals surface area contributed by atoms with Crippen LogP contribution in [-0.2, 0) is 0 Å². The number of fused-ring (bicyclic) bond motifs is 1. The third kappa shape index (κ3) is 5.35. The molecule has 3 aliphatic carbocycles. The number of rotatable bonds is 6. The maximum Gasteiger partial charge on any atom is 0.416 e. The molecule has 3 aliphatic rings. The zero-order chi connectivity index (χ0) is 23.6. The molecule has 182 valence electrons. The lowest BCUT2D eigenvalue weighted by Crippen LogP contribution is -2.41. The van der Waals surface area contributed by atoms with Crippen LogP contribution in [0.3, 0.4) is 0 Å². The van der Waals surface area contributed by atoms with Crippen LogP contribution in [0.25, 0.3) is 0 Å². The lowest BCUT2D eigenvalue weighted by atomic mass is 9.62. The highest BCUT2D eigenvalue weighted by molar-refractivity contribution is 5.39. The first-order valence-electron chi connectivity index (χ1n) is 12.5. The van der Waals surface area contributed by atoms with Gasteiger partial charge in [-0.1, -0.05) is 43.6 Å². The van der Waals surface area contributed by atoms with Crippen molar-refractivity contribution in [2.45, 2.75) is 116 Å². The van der Waals surface area contributed by atoms with Gasteiger partial charge in [0.25, 0.3) is 0 Å². The fourth-order valence-electron chi connectivity index (χ4n) is 6.59. The van der Waals surface area contributed by atoms with Crippen LogP contribution >= 0.6 is 0 Å². The molecule has 3 saturated carbocycles. The average Bonchev–Trinajstić information content (AvgIpc) is 3.05. The molecule has 2 N–H and O–H groups in total. The topological polar surface area (TPSA) is 40.5 Å². The third-order valence-corrected chi connectivity index (χ3v) is 8.70. The lowest BCUT2D eigenvalue weighted by Gasteiger charge is -2.42. The summed E-state index contributed by atoms with van der Waals surface area (Å²) in [5.74, 6) is 1.10. The molecule has 0 amide bonds. The van der Waals surface area contributed by atoms with Crippen LogP contribution in [0.2, 0.25) is 0 Å². The number of unbranched alkanes of at least 4 members (excludes halogenated alkanes) is 1. The number of hydrogen-bond acceptors (Lipinski definition) is 2. The van der Waals surface area contributed by atoms with E-state index in [1.54, 1.807) is 0 Å². The van der Waals surface area contributed by atoms with Gasteiger partial charge in [0.1, 0.15) is 0 Å². The van der Waals surface area contributed by atoms with E-state index in [2.05, 4.69) is 19.1 Å². The SMILES string of the molecule is C/C=C1/C(=C\C=C2/CCCC3(C)C(CCCCC(C)(O)C(F)(F)F)CCC23)CCCC1O. The van der Waals surface area contributed by atoms with Crippen molar-refractivity contribution in [1.82, 2.24) is 0 Å². The van der Waals surface area contributed by atoms with E-state index in [1.807, 2.05) is 13.0 Å². The van der Waals surface area contributed by atoms with Crippen LogP contribution in [0.1, 0.15) is 97.8 Å². The number of halogens is 3. The summed E-state index contributed by atoms with van der Waals surface area (Å²) in [4.78, 5) is 0. The Kier molecular flexibility index (Phi) is 8.02. The fourth-order valence-corrected chi connectivity index (χ4v) is 6.59. The largest absolute Gasteiger partial charge is 0.416 e. The smallest absolute Gasteiger partial charge is 0.388 e. The summed E-state index contributed by atoms with van der Waals surface area (Å²) < 4.78 is 38.7. The Bertz CT molecular complexity index is 746. The highest BCUT2D eigenvalue weighted by Crippen LogP contribution is 2.58. The van der Waals surface area contributed by atoms with Gasteiger partial charge in [-0.15, -0.1) is 0 Å². The van der Waals surface area contributed by atoms with Gasteiger partial charge >= 0.3 is 6.18 Å². The predicted molar refractivity (Wildman–Crippen MR) is 123 cm³/mol. The maximum atomic E-state index is 12.9. The van der Waals surface area contributed by atoms with E-state index in [1.165, 1.54) is 24.0 Å². The Morgan fingerprint density at radius 3 is 2.50 bits per heavy atom. The molecule has 0 aromatic rings. The van der Waals surface area contributed by atoms with Gasteiger partial charge in [0.15, 0.2) is 5.60 Å². The summed E-state index contributed by atoms with van der Waals surface area (Å²) in [5.41, 5.74) is 1.50. The van der Waals surface area contributed by atoms with Gasteiger partial charge in [-0.3, -0.25) is 0 Å². The number of hydrogen-bond donors (Lipinski definition) is 2.